The molecule has 90 valence electrons. The largest absolute Gasteiger partial charge is 5.00 e. The molecule has 0 fully saturated rings. The van der Waals surface area contributed by atoms with Crippen molar-refractivity contribution >= 4 is 10.1 Å². The average Bonchev–Trinajstić information content (AvgIpc) is 1.25. The molecular weight excluding hydrogens is 337 g/mol. The summed E-state index contributed by atoms with van der Waals surface area (Å²) in [7, 11) is -5.84. The van der Waals surface area contributed by atoms with Crippen molar-refractivity contribution in [1.29, 1.82) is 0 Å². The summed E-state index contributed by atoms with van der Waals surface area (Å²) in [6.45, 7) is 0. The predicted molar refractivity (Wildman–Crippen MR) is 17.6 cm³/mol. The van der Waals surface area contributed by atoms with Gasteiger partial charge in [0, 0.05) is 0 Å². The number of alkyl halides is 3. The Labute approximate surface area is 88.1 Å². The molecule has 0 aliphatic carbocycles. The fourth-order valence-electron chi connectivity index (χ4n) is 0. The maximum Gasteiger partial charge on any atom is 5.00 e. The molecule has 14 heavy (non-hydrogen) atoms. The second-order valence-electron chi connectivity index (χ2n) is 0.921. The van der Waals surface area contributed by atoms with Gasteiger partial charge >= 0.3 is 38.0 Å². The van der Waals surface area contributed by atoms with Crippen LogP contribution in [0, 0.1) is 0 Å². The molecule has 0 saturated carbocycles. The van der Waals surface area contributed by atoms with Gasteiger partial charge in [0.2, 0.25) is 0 Å². The van der Waals surface area contributed by atoms with Gasteiger partial charge in [-0.1, -0.05) is 0 Å². The molecule has 3 nitrogen and oxygen atoms in total. The number of halogens is 8. The average molecular weight is 338 g/mol. The summed E-state index contributed by atoms with van der Waals surface area (Å²) >= 11 is 0. The molecule has 0 aliphatic rings. The molecule has 0 aromatic heterocycles. The Morgan fingerprint density at radius 1 is 0.857 bits per heavy atom. The molecule has 0 aromatic rings. The monoisotopic (exact) mass is 338 g/mol. The quantitative estimate of drug-likeness (QED) is 0.207. The normalized spacial score (nSPS) is 8.00. The van der Waals surface area contributed by atoms with Gasteiger partial charge < -0.3 is 23.5 Å². The van der Waals surface area contributed by atoms with E-state index >= 15 is 0 Å². The zero-order valence-electron chi connectivity index (χ0n) is 5.64. The minimum Gasteiger partial charge on any atom is -1.00 e. The van der Waals surface area contributed by atoms with Gasteiger partial charge in [-0.2, -0.15) is 21.6 Å². The van der Waals surface area contributed by atoms with Crippen molar-refractivity contribution in [1.82, 2.24) is 0 Å². The SMILES string of the molecule is O=S(=O)(O)C(F)(F)F.[F-].[F-].[F-].[F-].[F-].[Nb+5]. The van der Waals surface area contributed by atoms with E-state index in [1.54, 1.807) is 0 Å². The van der Waals surface area contributed by atoms with Crippen molar-refractivity contribution in [3.05, 3.63) is 0 Å². The van der Waals surface area contributed by atoms with Crippen LogP contribution in [-0.4, -0.2) is 18.5 Å². The summed E-state index contributed by atoms with van der Waals surface area (Å²) in [5.41, 5.74) is -5.53. The van der Waals surface area contributed by atoms with E-state index in [-0.39, 0.29) is 45.9 Å². The Hall–Kier alpha value is 0.0903. The van der Waals surface area contributed by atoms with Crippen molar-refractivity contribution in [3.63, 3.8) is 0 Å². The van der Waals surface area contributed by atoms with E-state index in [4.69, 9.17) is 13.0 Å². The predicted octanol–water partition coefficient (Wildman–Crippen LogP) is -14.6. The molecule has 0 saturated heterocycles. The Balaban J connectivity index is -0.0000000163. The molecule has 0 rings (SSSR count). The minimum absolute atomic E-state index is 0. The van der Waals surface area contributed by atoms with Crippen LogP contribution >= 0.6 is 0 Å². The first kappa shape index (κ1) is 48.0. The van der Waals surface area contributed by atoms with Gasteiger partial charge in [0.15, 0.2) is 0 Å². The number of hydrogen-bond donors (Lipinski definition) is 1. The second kappa shape index (κ2) is 13.1. The second-order valence-corrected chi connectivity index (χ2v) is 2.33. The zero-order chi connectivity index (χ0) is 7.00. The first-order valence-corrected chi connectivity index (χ1v) is 2.73. The van der Waals surface area contributed by atoms with Crippen molar-refractivity contribution in [2.45, 2.75) is 5.51 Å². The summed E-state index contributed by atoms with van der Waals surface area (Å²) in [6, 6.07) is 0. The Morgan fingerprint density at radius 3 is 0.929 bits per heavy atom. The minimum atomic E-state index is -5.84. The van der Waals surface area contributed by atoms with Gasteiger partial charge in [-0.05, 0) is 0 Å². The molecule has 0 bridgehead atoms. The first-order valence-electron chi connectivity index (χ1n) is 1.29. The maximum absolute atomic E-state index is 10.7. The Morgan fingerprint density at radius 2 is 0.929 bits per heavy atom. The van der Waals surface area contributed by atoms with Gasteiger partial charge in [-0.3, -0.25) is 4.55 Å². The summed E-state index contributed by atoms with van der Waals surface area (Å²) < 4.78 is 57.5. The molecule has 0 amide bonds. The molecule has 0 atom stereocenters. The van der Waals surface area contributed by atoms with Crippen LogP contribution < -0.4 is 23.5 Å². The van der Waals surface area contributed by atoms with Crippen LogP contribution in [-0.2, 0) is 32.5 Å². The summed E-state index contributed by atoms with van der Waals surface area (Å²) in [5, 5.41) is 0. The molecule has 13 heteroatoms. The molecule has 0 radical (unpaired) electrons. The van der Waals surface area contributed by atoms with Crippen molar-refractivity contribution in [3.8, 4) is 0 Å². The van der Waals surface area contributed by atoms with E-state index in [2.05, 4.69) is 0 Å². The summed E-state index contributed by atoms with van der Waals surface area (Å²) in [5.74, 6) is 0. The van der Waals surface area contributed by atoms with Crippen LogP contribution in [0.1, 0.15) is 0 Å². The van der Waals surface area contributed by atoms with Gasteiger partial charge in [-0.25, -0.2) is 0 Å². The molecule has 0 unspecified atom stereocenters. The third kappa shape index (κ3) is 18.0. The van der Waals surface area contributed by atoms with E-state index in [9.17, 15) is 13.2 Å². The molecule has 1 N–H and O–H groups in total. The fraction of sp³-hybridized carbons (Fsp3) is 1.00. The summed E-state index contributed by atoms with van der Waals surface area (Å²) in [4.78, 5) is 0. The molecule has 0 aromatic carbocycles. The maximum atomic E-state index is 10.7. The molecule has 0 aliphatic heterocycles. The third-order valence-electron chi connectivity index (χ3n) is 0.292. The van der Waals surface area contributed by atoms with Crippen LogP contribution in [0.15, 0.2) is 0 Å². The van der Waals surface area contributed by atoms with Gasteiger partial charge in [-0.15, -0.1) is 0 Å². The van der Waals surface area contributed by atoms with Crippen LogP contribution in [0.4, 0.5) is 13.2 Å². The van der Waals surface area contributed by atoms with Gasteiger partial charge in [0.1, 0.15) is 0 Å². The summed E-state index contributed by atoms with van der Waals surface area (Å²) in [6.07, 6.45) is 0. The third-order valence-corrected chi connectivity index (χ3v) is 0.877. The van der Waals surface area contributed by atoms with Crippen molar-refractivity contribution in [2.75, 3.05) is 0 Å². The van der Waals surface area contributed by atoms with Crippen molar-refractivity contribution in [2.24, 2.45) is 0 Å². The Bertz CT molecular complexity index is 174. The van der Waals surface area contributed by atoms with E-state index in [0.29, 0.717) is 0 Å². The smallest absolute Gasteiger partial charge is 1.00 e. The van der Waals surface area contributed by atoms with Crippen molar-refractivity contribution < 1.29 is 72.0 Å². The zero-order valence-corrected chi connectivity index (χ0v) is 8.66. The van der Waals surface area contributed by atoms with Crippen LogP contribution in [0.5, 0.6) is 0 Å². The first-order chi connectivity index (χ1) is 3.25. The standard InChI is InChI=1S/CHF3O3S.5FH.Nb/c2-1(3,4)8(5,6)7;;;;;;/h(H,5,6,7);5*1H;/q;;;;;;+5/p-5. The fourth-order valence-corrected chi connectivity index (χ4v) is 0. The topological polar surface area (TPSA) is 54.4 Å². The van der Waals surface area contributed by atoms with Crippen LogP contribution in [0.3, 0.4) is 0 Å². The molecular formula is CHF8NbO3S. The molecule has 0 spiro atoms. The van der Waals surface area contributed by atoms with E-state index in [1.807, 2.05) is 0 Å². The number of hydrogen-bond acceptors (Lipinski definition) is 2. The van der Waals surface area contributed by atoms with E-state index in [0.717, 1.165) is 0 Å². The molecule has 0 heterocycles. The van der Waals surface area contributed by atoms with Gasteiger partial charge in [0.25, 0.3) is 0 Å². The number of rotatable bonds is 0. The van der Waals surface area contributed by atoms with Crippen LogP contribution in [0.2, 0.25) is 0 Å². The van der Waals surface area contributed by atoms with Gasteiger partial charge in [0.05, 0.1) is 0 Å². The van der Waals surface area contributed by atoms with Crippen LogP contribution in [0.25, 0.3) is 0 Å². The van der Waals surface area contributed by atoms with E-state index < -0.39 is 15.6 Å². The van der Waals surface area contributed by atoms with E-state index in [1.165, 1.54) is 0 Å². The Kier molecular flexibility index (Phi) is 44.9.